The predicted octanol–water partition coefficient (Wildman–Crippen LogP) is 4.69. The van der Waals surface area contributed by atoms with E-state index in [1.54, 1.807) is 18.2 Å². The molecule has 0 saturated heterocycles. The van der Waals surface area contributed by atoms with Crippen molar-refractivity contribution < 1.29 is 4.42 Å². The van der Waals surface area contributed by atoms with Gasteiger partial charge < -0.3 is 9.32 Å². The fraction of sp³-hybridized carbons (Fsp3) is 0.304. The van der Waals surface area contributed by atoms with Gasteiger partial charge in [-0.3, -0.25) is 13.9 Å². The quantitative estimate of drug-likeness (QED) is 0.411. The molecule has 7 heteroatoms. The Morgan fingerprint density at radius 1 is 1.07 bits per heavy atom. The summed E-state index contributed by atoms with van der Waals surface area (Å²) >= 11 is 1.65. The molecule has 156 valence electrons. The molecule has 0 aliphatic rings. The Morgan fingerprint density at radius 2 is 1.90 bits per heavy atom. The SMILES string of the molecule is CSn1c(-c2nccc(N(C)CCN(C)Cc3ccco3)c2C)nc2ccccc21. The van der Waals surface area contributed by atoms with Gasteiger partial charge >= 0.3 is 0 Å². The van der Waals surface area contributed by atoms with Gasteiger partial charge in [-0.05, 0) is 56.3 Å². The summed E-state index contributed by atoms with van der Waals surface area (Å²) in [5.74, 6) is 1.88. The molecule has 0 N–H and O–H groups in total. The van der Waals surface area contributed by atoms with Crippen LogP contribution in [0.1, 0.15) is 11.3 Å². The smallest absolute Gasteiger partial charge is 0.170 e. The van der Waals surface area contributed by atoms with Gasteiger partial charge in [0.1, 0.15) is 11.5 Å². The average Bonchev–Trinajstić information content (AvgIpc) is 3.39. The van der Waals surface area contributed by atoms with Crippen LogP contribution in [0.5, 0.6) is 0 Å². The maximum absolute atomic E-state index is 5.45. The van der Waals surface area contributed by atoms with E-state index < -0.39 is 0 Å². The highest BCUT2D eigenvalue weighted by molar-refractivity contribution is 7.97. The summed E-state index contributed by atoms with van der Waals surface area (Å²) in [6.07, 6.45) is 5.67. The summed E-state index contributed by atoms with van der Waals surface area (Å²) < 4.78 is 7.61. The number of furan rings is 1. The lowest BCUT2D eigenvalue weighted by molar-refractivity contribution is 0.301. The molecule has 0 aliphatic carbocycles. The van der Waals surface area contributed by atoms with E-state index in [-0.39, 0.29) is 0 Å². The van der Waals surface area contributed by atoms with Gasteiger partial charge in [-0.15, -0.1) is 0 Å². The number of rotatable bonds is 8. The Kier molecular flexibility index (Phi) is 6.11. The zero-order valence-corrected chi connectivity index (χ0v) is 18.7. The van der Waals surface area contributed by atoms with E-state index in [1.807, 2.05) is 36.5 Å². The number of benzene rings is 1. The van der Waals surface area contributed by atoms with E-state index in [1.165, 1.54) is 5.69 Å². The molecule has 0 unspecified atom stereocenters. The highest BCUT2D eigenvalue weighted by Crippen LogP contribution is 2.32. The number of para-hydroxylation sites is 2. The lowest BCUT2D eigenvalue weighted by Crippen LogP contribution is -2.30. The third kappa shape index (κ3) is 4.08. The van der Waals surface area contributed by atoms with Crippen molar-refractivity contribution in [3.8, 4) is 11.5 Å². The molecular formula is C23H27N5OS. The van der Waals surface area contributed by atoms with Gasteiger partial charge in [0.2, 0.25) is 0 Å². The van der Waals surface area contributed by atoms with Crippen molar-refractivity contribution in [2.45, 2.75) is 13.5 Å². The lowest BCUT2D eigenvalue weighted by Gasteiger charge is -2.25. The predicted molar refractivity (Wildman–Crippen MR) is 125 cm³/mol. The minimum atomic E-state index is 0.805. The van der Waals surface area contributed by atoms with Gasteiger partial charge in [0.15, 0.2) is 5.82 Å². The van der Waals surface area contributed by atoms with E-state index in [0.29, 0.717) is 0 Å². The first-order valence-corrected chi connectivity index (χ1v) is 11.2. The van der Waals surface area contributed by atoms with Crippen LogP contribution in [0, 0.1) is 6.92 Å². The van der Waals surface area contributed by atoms with Gasteiger partial charge in [-0.1, -0.05) is 12.1 Å². The molecule has 3 aromatic heterocycles. The first-order chi connectivity index (χ1) is 14.6. The normalized spacial score (nSPS) is 11.5. The van der Waals surface area contributed by atoms with Crippen LogP contribution in [0.2, 0.25) is 0 Å². The molecule has 4 rings (SSSR count). The summed E-state index contributed by atoms with van der Waals surface area (Å²) in [7, 11) is 4.24. The minimum absolute atomic E-state index is 0.805. The maximum Gasteiger partial charge on any atom is 0.170 e. The van der Waals surface area contributed by atoms with E-state index in [9.17, 15) is 0 Å². The van der Waals surface area contributed by atoms with Crippen molar-refractivity contribution in [1.82, 2.24) is 18.8 Å². The van der Waals surface area contributed by atoms with Crippen LogP contribution in [-0.4, -0.2) is 52.3 Å². The number of nitrogens with zero attached hydrogens (tertiary/aromatic N) is 5. The van der Waals surface area contributed by atoms with Crippen LogP contribution < -0.4 is 4.90 Å². The second-order valence-electron chi connectivity index (χ2n) is 7.44. The van der Waals surface area contributed by atoms with Crippen molar-refractivity contribution in [1.29, 1.82) is 0 Å². The summed E-state index contributed by atoms with van der Waals surface area (Å²) in [5, 5.41) is 0. The van der Waals surface area contributed by atoms with E-state index in [4.69, 9.17) is 14.4 Å². The number of anilines is 1. The fourth-order valence-electron chi connectivity index (χ4n) is 3.69. The summed E-state index contributed by atoms with van der Waals surface area (Å²) in [4.78, 5) is 14.1. The van der Waals surface area contributed by atoms with Crippen molar-refractivity contribution in [2.75, 3.05) is 38.3 Å². The zero-order valence-electron chi connectivity index (χ0n) is 17.9. The van der Waals surface area contributed by atoms with Crippen LogP contribution in [0.3, 0.4) is 0 Å². The standard InChI is InChI=1S/C23H27N5OS/c1-17-20(27(3)14-13-26(2)16-18-8-7-15-29-18)11-12-24-22(17)23-25-19-9-5-6-10-21(19)28(23)30-4/h5-12,15H,13-14,16H2,1-4H3. The molecule has 6 nitrogen and oxygen atoms in total. The van der Waals surface area contributed by atoms with Gasteiger partial charge in [0.05, 0.1) is 23.8 Å². The molecule has 30 heavy (non-hydrogen) atoms. The minimum Gasteiger partial charge on any atom is -0.468 e. The van der Waals surface area contributed by atoms with E-state index in [0.717, 1.165) is 53.5 Å². The Labute approximate surface area is 181 Å². The molecule has 3 heterocycles. The van der Waals surface area contributed by atoms with Crippen molar-refractivity contribution in [3.63, 3.8) is 0 Å². The Morgan fingerprint density at radius 3 is 2.67 bits per heavy atom. The van der Waals surface area contributed by atoms with Gasteiger partial charge in [0.25, 0.3) is 0 Å². The molecule has 0 atom stereocenters. The Bertz CT molecular complexity index is 1120. The second kappa shape index (κ2) is 8.93. The molecule has 0 amide bonds. The zero-order chi connectivity index (χ0) is 21.1. The monoisotopic (exact) mass is 421 g/mol. The van der Waals surface area contributed by atoms with Gasteiger partial charge in [-0.2, -0.15) is 0 Å². The number of imidazole rings is 1. The molecule has 0 spiro atoms. The Balaban J connectivity index is 1.56. The average molecular weight is 422 g/mol. The third-order valence-electron chi connectivity index (χ3n) is 5.32. The molecule has 0 bridgehead atoms. The highest BCUT2D eigenvalue weighted by Gasteiger charge is 2.18. The van der Waals surface area contributed by atoms with E-state index in [2.05, 4.69) is 53.2 Å². The number of fused-ring (bicyclic) bond motifs is 1. The maximum atomic E-state index is 5.45. The van der Waals surface area contributed by atoms with Crippen LogP contribution in [0.4, 0.5) is 5.69 Å². The third-order valence-corrected chi connectivity index (χ3v) is 6.06. The van der Waals surface area contributed by atoms with E-state index >= 15 is 0 Å². The molecule has 0 radical (unpaired) electrons. The number of aromatic nitrogens is 3. The van der Waals surface area contributed by atoms with Gasteiger partial charge in [-0.25, -0.2) is 4.98 Å². The van der Waals surface area contributed by atoms with Crippen LogP contribution in [-0.2, 0) is 6.54 Å². The van der Waals surface area contributed by atoms with Crippen LogP contribution in [0.25, 0.3) is 22.6 Å². The second-order valence-corrected chi connectivity index (χ2v) is 8.17. The summed E-state index contributed by atoms with van der Waals surface area (Å²) in [6, 6.07) is 14.2. The molecule has 0 saturated carbocycles. The van der Waals surface area contributed by atoms with Gasteiger partial charge in [0, 0.05) is 43.8 Å². The first-order valence-electron chi connectivity index (χ1n) is 9.98. The van der Waals surface area contributed by atoms with Crippen molar-refractivity contribution in [2.24, 2.45) is 0 Å². The lowest BCUT2D eigenvalue weighted by atomic mass is 10.1. The summed E-state index contributed by atoms with van der Waals surface area (Å²) in [6.45, 7) is 4.77. The first kappa shape index (κ1) is 20.5. The highest BCUT2D eigenvalue weighted by atomic mass is 32.2. The fourth-order valence-corrected chi connectivity index (χ4v) is 4.34. The number of likely N-dealkylation sites (N-methyl/N-ethyl adjacent to an activating group) is 2. The van der Waals surface area contributed by atoms with Crippen LogP contribution in [0.15, 0.2) is 59.3 Å². The molecule has 1 aromatic carbocycles. The molecular weight excluding hydrogens is 394 g/mol. The number of pyridine rings is 1. The van der Waals surface area contributed by atoms with Crippen molar-refractivity contribution >= 4 is 28.7 Å². The molecule has 0 fully saturated rings. The number of hydrogen-bond acceptors (Lipinski definition) is 6. The molecule has 4 aromatic rings. The summed E-state index contributed by atoms with van der Waals surface area (Å²) in [5.41, 5.74) is 5.33. The van der Waals surface area contributed by atoms with Crippen LogP contribution >= 0.6 is 11.9 Å². The molecule has 0 aliphatic heterocycles. The largest absolute Gasteiger partial charge is 0.468 e. The topological polar surface area (TPSA) is 50.3 Å². The van der Waals surface area contributed by atoms with Crippen molar-refractivity contribution in [3.05, 3.63) is 66.2 Å². The number of hydrogen-bond donors (Lipinski definition) is 0. The Hall–Kier alpha value is -2.77.